The monoisotopic (exact) mass is 595 g/mol. The molecule has 41 heavy (non-hydrogen) atoms. The molecule has 216 valence electrons. The number of nitrogens with zero attached hydrogens (tertiary/aromatic N) is 2. The Labute approximate surface area is 237 Å². The molecule has 1 unspecified atom stereocenters. The van der Waals surface area contributed by atoms with Crippen molar-refractivity contribution in [3.63, 3.8) is 0 Å². The van der Waals surface area contributed by atoms with E-state index < -0.39 is 35.5 Å². The van der Waals surface area contributed by atoms with Crippen molar-refractivity contribution < 1.29 is 35.9 Å². The summed E-state index contributed by atoms with van der Waals surface area (Å²) in [5.41, 5.74) is -0.341. The highest BCUT2D eigenvalue weighted by Crippen LogP contribution is 2.36. The third kappa shape index (κ3) is 6.84. The smallest absolute Gasteiger partial charge is 0.416 e. The fourth-order valence-electron chi connectivity index (χ4n) is 4.50. The van der Waals surface area contributed by atoms with Gasteiger partial charge in [-0.15, -0.1) is 0 Å². The number of allylic oxidation sites excluding steroid dienone is 1. The van der Waals surface area contributed by atoms with Crippen molar-refractivity contribution in [1.82, 2.24) is 10.2 Å². The molecule has 0 spiro atoms. The van der Waals surface area contributed by atoms with E-state index in [1.54, 1.807) is 31.2 Å². The Bertz CT molecular complexity index is 1480. The Hall–Kier alpha value is -3.99. The number of alkyl halides is 6. The van der Waals surface area contributed by atoms with Gasteiger partial charge in [0.2, 0.25) is 0 Å². The Morgan fingerprint density at radius 3 is 2.27 bits per heavy atom. The molecule has 0 amide bonds. The highest BCUT2D eigenvalue weighted by atomic mass is 35.5. The first-order valence-electron chi connectivity index (χ1n) is 12.2. The van der Waals surface area contributed by atoms with Gasteiger partial charge < -0.3 is 15.0 Å². The van der Waals surface area contributed by atoms with Crippen LogP contribution in [0.5, 0.6) is 0 Å². The van der Waals surface area contributed by atoms with Crippen molar-refractivity contribution in [2.75, 3.05) is 7.11 Å². The fourth-order valence-corrected chi connectivity index (χ4v) is 4.70. The molecule has 1 N–H and O–H groups in total. The summed E-state index contributed by atoms with van der Waals surface area (Å²) in [5, 5.41) is 3.51. The number of benzene rings is 3. The minimum Gasteiger partial charge on any atom is -0.466 e. The van der Waals surface area contributed by atoms with E-state index >= 15 is 0 Å². The lowest BCUT2D eigenvalue weighted by molar-refractivity contribution is -0.139. The Balaban J connectivity index is 1.82. The van der Waals surface area contributed by atoms with Gasteiger partial charge in [-0.1, -0.05) is 54.1 Å². The summed E-state index contributed by atoms with van der Waals surface area (Å²) in [5.74, 6) is -0.604. The molecule has 0 saturated heterocycles. The van der Waals surface area contributed by atoms with Crippen molar-refractivity contribution in [2.24, 2.45) is 4.99 Å². The summed E-state index contributed by atoms with van der Waals surface area (Å²) in [6, 6.07) is 15.2. The van der Waals surface area contributed by atoms with E-state index in [9.17, 15) is 31.1 Å². The van der Waals surface area contributed by atoms with Gasteiger partial charge >= 0.3 is 18.3 Å². The maximum absolute atomic E-state index is 13.8. The second kappa shape index (κ2) is 11.9. The second-order valence-electron chi connectivity index (χ2n) is 9.20. The Kier molecular flexibility index (Phi) is 8.67. The van der Waals surface area contributed by atoms with Crippen LogP contribution in [0, 0.1) is 0 Å². The van der Waals surface area contributed by atoms with Gasteiger partial charge in [-0.25, -0.2) is 9.79 Å². The first-order chi connectivity index (χ1) is 19.3. The van der Waals surface area contributed by atoms with E-state index in [-0.39, 0.29) is 35.9 Å². The predicted molar refractivity (Wildman–Crippen MR) is 142 cm³/mol. The normalized spacial score (nSPS) is 17.0. The zero-order valence-corrected chi connectivity index (χ0v) is 22.5. The van der Waals surface area contributed by atoms with E-state index in [1.807, 2.05) is 0 Å². The summed E-state index contributed by atoms with van der Waals surface area (Å²) in [6.07, 6.45) is -9.14. The van der Waals surface area contributed by atoms with Crippen LogP contribution >= 0.6 is 11.6 Å². The highest BCUT2D eigenvalue weighted by molar-refractivity contribution is 6.30. The zero-order chi connectivity index (χ0) is 29.9. The molecule has 0 aromatic heterocycles. The first kappa shape index (κ1) is 30.0. The number of hydrogen-bond donors (Lipinski definition) is 1. The number of hydrogen-bond acceptors (Lipinski definition) is 3. The number of halogens is 7. The number of carbonyl (C=O) groups excluding carboxylic acids is 1. The van der Waals surface area contributed by atoms with Crippen LogP contribution < -0.4 is 5.32 Å². The molecule has 0 aliphatic carbocycles. The van der Waals surface area contributed by atoms with Crippen LogP contribution in [0.25, 0.3) is 0 Å². The number of carbonyl (C=O) groups is 1. The second-order valence-corrected chi connectivity index (χ2v) is 9.64. The summed E-state index contributed by atoms with van der Waals surface area (Å²) < 4.78 is 85.5. The molecule has 1 atom stereocenters. The molecule has 0 bridgehead atoms. The van der Waals surface area contributed by atoms with E-state index in [0.29, 0.717) is 16.1 Å². The summed E-state index contributed by atoms with van der Waals surface area (Å²) in [7, 11) is 1.19. The van der Waals surface area contributed by atoms with Crippen LogP contribution in [0.2, 0.25) is 5.02 Å². The lowest BCUT2D eigenvalue weighted by atomic mass is 9.94. The quantitative estimate of drug-likeness (QED) is 0.236. The third-order valence-electron chi connectivity index (χ3n) is 6.54. The standard InChI is InChI=1S/C29H24ClF6N3O2/c1-17-24(26(40)41-2)25(19-7-5-8-22(30)14-19)38-27(37-15-18-10-12-21(13-11-18)28(31,32)33)39(17)16-20-6-3-4-9-23(20)29(34,35)36/h3-14,25H,15-16H2,1-2H3,(H,37,38). The molecule has 3 aromatic rings. The van der Waals surface area contributed by atoms with Crippen molar-refractivity contribution in [3.05, 3.63) is 117 Å². The van der Waals surface area contributed by atoms with E-state index in [1.165, 1.54) is 42.3 Å². The molecule has 4 rings (SSSR count). The largest absolute Gasteiger partial charge is 0.466 e. The average Bonchev–Trinajstić information content (AvgIpc) is 2.92. The number of rotatable bonds is 6. The molecule has 1 heterocycles. The molecule has 1 aliphatic heterocycles. The van der Waals surface area contributed by atoms with Crippen LogP contribution in [0.4, 0.5) is 26.3 Å². The Morgan fingerprint density at radius 2 is 1.66 bits per heavy atom. The maximum atomic E-state index is 13.8. The van der Waals surface area contributed by atoms with Crippen LogP contribution in [0.3, 0.4) is 0 Å². The van der Waals surface area contributed by atoms with E-state index in [4.69, 9.17) is 16.3 Å². The van der Waals surface area contributed by atoms with E-state index in [0.717, 1.165) is 18.2 Å². The molecular formula is C29H24ClF6N3O2. The summed E-state index contributed by atoms with van der Waals surface area (Å²) in [4.78, 5) is 18.9. The Morgan fingerprint density at radius 1 is 0.976 bits per heavy atom. The molecular weight excluding hydrogens is 572 g/mol. The topological polar surface area (TPSA) is 53.9 Å². The van der Waals surface area contributed by atoms with Gasteiger partial charge in [0, 0.05) is 10.7 Å². The lowest BCUT2D eigenvalue weighted by Crippen LogP contribution is -2.49. The summed E-state index contributed by atoms with van der Waals surface area (Å²) >= 11 is 6.19. The van der Waals surface area contributed by atoms with Gasteiger partial charge in [-0.05, 0) is 53.9 Å². The van der Waals surface area contributed by atoms with E-state index in [2.05, 4.69) is 10.3 Å². The number of esters is 1. The summed E-state index contributed by atoms with van der Waals surface area (Å²) in [6.45, 7) is 1.15. The number of aliphatic imine (C=N–C) groups is 1. The maximum Gasteiger partial charge on any atom is 0.416 e. The number of nitrogens with one attached hydrogen (secondary N) is 1. The first-order valence-corrected chi connectivity index (χ1v) is 12.6. The van der Waals surface area contributed by atoms with Crippen LogP contribution in [0.1, 0.15) is 40.8 Å². The fraction of sp³-hybridized carbons (Fsp3) is 0.241. The number of guanidine groups is 1. The third-order valence-corrected chi connectivity index (χ3v) is 6.78. The molecule has 0 saturated carbocycles. The van der Waals surface area contributed by atoms with Crippen molar-refractivity contribution in [2.45, 2.75) is 38.4 Å². The van der Waals surface area contributed by atoms with Gasteiger partial charge in [-0.2, -0.15) is 26.3 Å². The van der Waals surface area contributed by atoms with Gasteiger partial charge in [0.05, 0.1) is 42.9 Å². The van der Waals surface area contributed by atoms with Gasteiger partial charge in [0.15, 0.2) is 5.96 Å². The van der Waals surface area contributed by atoms with Crippen LogP contribution in [0.15, 0.2) is 89.1 Å². The molecule has 0 fully saturated rings. The molecule has 1 aliphatic rings. The highest BCUT2D eigenvalue weighted by Gasteiger charge is 2.38. The minimum atomic E-state index is -4.64. The van der Waals surface area contributed by atoms with Crippen LogP contribution in [-0.4, -0.2) is 23.9 Å². The minimum absolute atomic E-state index is 0.0752. The SMILES string of the molecule is COC(=O)C1=C(C)N(Cc2ccccc2C(F)(F)F)C(=NCc2ccc(C(F)(F)F)cc2)NC1c1cccc(Cl)c1. The number of methoxy groups -OCH3 is 1. The zero-order valence-electron chi connectivity index (χ0n) is 21.8. The van der Waals surface area contributed by atoms with Gasteiger partial charge in [0.25, 0.3) is 0 Å². The average molecular weight is 596 g/mol. The van der Waals surface area contributed by atoms with Crippen molar-refractivity contribution >= 4 is 23.5 Å². The lowest BCUT2D eigenvalue weighted by Gasteiger charge is -2.38. The van der Waals surface area contributed by atoms with Crippen molar-refractivity contribution in [1.29, 1.82) is 0 Å². The molecule has 5 nitrogen and oxygen atoms in total. The molecule has 12 heteroatoms. The number of ether oxygens (including phenoxy) is 1. The van der Waals surface area contributed by atoms with Crippen molar-refractivity contribution in [3.8, 4) is 0 Å². The molecule has 3 aromatic carbocycles. The predicted octanol–water partition coefficient (Wildman–Crippen LogP) is 7.53. The molecule has 0 radical (unpaired) electrons. The van der Waals surface area contributed by atoms with Crippen LogP contribution in [-0.2, 0) is 35.0 Å². The van der Waals surface area contributed by atoms with Gasteiger partial charge in [-0.3, -0.25) is 0 Å². The van der Waals surface area contributed by atoms with Gasteiger partial charge in [0.1, 0.15) is 0 Å².